The lowest BCUT2D eigenvalue weighted by atomic mass is 9.85. The number of allylic oxidation sites excluding steroid dienone is 2. The van der Waals surface area contributed by atoms with Crippen molar-refractivity contribution in [2.45, 2.75) is 19.3 Å². The van der Waals surface area contributed by atoms with Gasteiger partial charge in [0.2, 0.25) is 17.7 Å². The fourth-order valence-corrected chi connectivity index (χ4v) is 3.17. The molecule has 6 nitrogen and oxygen atoms in total. The molecular formula is C18H17N3O3. The minimum atomic E-state index is -0.406. The summed E-state index contributed by atoms with van der Waals surface area (Å²) < 4.78 is 0. The van der Waals surface area contributed by atoms with Gasteiger partial charge in [0.1, 0.15) is 6.54 Å². The van der Waals surface area contributed by atoms with Crippen molar-refractivity contribution < 1.29 is 14.4 Å². The Balaban J connectivity index is 1.62. The molecule has 24 heavy (non-hydrogen) atoms. The summed E-state index contributed by atoms with van der Waals surface area (Å²) in [6, 6.07) is 8.96. The molecule has 1 aliphatic heterocycles. The fraction of sp³-hybridized carbons (Fsp3) is 0.333. The minimum absolute atomic E-state index is 0.256. The van der Waals surface area contributed by atoms with Crippen molar-refractivity contribution in [2.24, 2.45) is 11.8 Å². The zero-order chi connectivity index (χ0) is 17.1. The molecule has 2 aliphatic rings. The number of nitrogens with zero attached hydrogens (tertiary/aromatic N) is 2. The van der Waals surface area contributed by atoms with Gasteiger partial charge in [-0.3, -0.25) is 19.3 Å². The van der Waals surface area contributed by atoms with Gasteiger partial charge >= 0.3 is 0 Å². The van der Waals surface area contributed by atoms with Crippen LogP contribution in [0.2, 0.25) is 0 Å². The zero-order valence-electron chi connectivity index (χ0n) is 13.1. The number of fused-ring (bicyclic) bond motifs is 1. The van der Waals surface area contributed by atoms with Gasteiger partial charge < -0.3 is 5.32 Å². The van der Waals surface area contributed by atoms with Gasteiger partial charge in [0.15, 0.2) is 0 Å². The summed E-state index contributed by atoms with van der Waals surface area (Å²) in [5, 5.41) is 11.3. The van der Waals surface area contributed by atoms with Gasteiger partial charge in [-0.2, -0.15) is 5.26 Å². The largest absolute Gasteiger partial charge is 0.325 e. The number of amides is 3. The van der Waals surface area contributed by atoms with Gasteiger partial charge in [0, 0.05) is 5.69 Å². The Bertz CT molecular complexity index is 720. The van der Waals surface area contributed by atoms with E-state index in [0.29, 0.717) is 24.9 Å². The molecule has 2 atom stereocenters. The summed E-state index contributed by atoms with van der Waals surface area (Å²) in [4.78, 5) is 37.9. The number of carbonyl (C=O) groups is 3. The lowest BCUT2D eigenvalue weighted by Gasteiger charge is -2.14. The number of anilines is 1. The van der Waals surface area contributed by atoms with Crippen LogP contribution >= 0.6 is 0 Å². The highest BCUT2D eigenvalue weighted by molar-refractivity contribution is 6.08. The third kappa shape index (κ3) is 3.06. The molecule has 122 valence electrons. The maximum absolute atomic E-state index is 12.3. The molecule has 1 fully saturated rings. The highest BCUT2D eigenvalue weighted by Crippen LogP contribution is 2.34. The van der Waals surface area contributed by atoms with Crippen LogP contribution in [0.5, 0.6) is 0 Å². The van der Waals surface area contributed by atoms with Crippen LogP contribution in [0.15, 0.2) is 36.4 Å². The highest BCUT2D eigenvalue weighted by Gasteiger charge is 2.47. The summed E-state index contributed by atoms with van der Waals surface area (Å²) in [5.74, 6) is -1.56. The van der Waals surface area contributed by atoms with Gasteiger partial charge in [0.05, 0.1) is 24.3 Å². The van der Waals surface area contributed by atoms with E-state index in [-0.39, 0.29) is 30.2 Å². The van der Waals surface area contributed by atoms with Crippen molar-refractivity contribution in [1.82, 2.24) is 4.90 Å². The Morgan fingerprint density at radius 1 is 1.12 bits per heavy atom. The Morgan fingerprint density at radius 3 is 2.25 bits per heavy atom. The molecule has 1 heterocycles. The number of hydrogen-bond acceptors (Lipinski definition) is 4. The van der Waals surface area contributed by atoms with Crippen LogP contribution < -0.4 is 5.32 Å². The van der Waals surface area contributed by atoms with Gasteiger partial charge in [-0.15, -0.1) is 0 Å². The maximum Gasteiger partial charge on any atom is 0.244 e. The van der Waals surface area contributed by atoms with E-state index in [2.05, 4.69) is 11.4 Å². The Morgan fingerprint density at radius 2 is 1.71 bits per heavy atom. The summed E-state index contributed by atoms with van der Waals surface area (Å²) in [7, 11) is 0. The third-order valence-corrected chi connectivity index (χ3v) is 4.42. The van der Waals surface area contributed by atoms with Crippen molar-refractivity contribution in [3.63, 3.8) is 0 Å². The first-order valence-corrected chi connectivity index (χ1v) is 7.86. The molecule has 1 aliphatic carbocycles. The van der Waals surface area contributed by atoms with Crippen molar-refractivity contribution in [3.05, 3.63) is 42.0 Å². The van der Waals surface area contributed by atoms with E-state index in [0.717, 1.165) is 10.5 Å². The predicted octanol–water partition coefficient (Wildman–Crippen LogP) is 1.64. The molecule has 1 aromatic rings. The van der Waals surface area contributed by atoms with Crippen molar-refractivity contribution in [3.8, 4) is 6.07 Å². The molecule has 0 unspecified atom stereocenters. The van der Waals surface area contributed by atoms with Gasteiger partial charge in [-0.1, -0.05) is 24.3 Å². The molecule has 0 bridgehead atoms. The monoisotopic (exact) mass is 323 g/mol. The molecule has 6 heteroatoms. The highest BCUT2D eigenvalue weighted by atomic mass is 16.2. The minimum Gasteiger partial charge on any atom is -0.325 e. The van der Waals surface area contributed by atoms with Crippen molar-refractivity contribution in [1.29, 1.82) is 5.26 Å². The number of rotatable bonds is 4. The first-order chi connectivity index (χ1) is 11.6. The molecule has 0 radical (unpaired) electrons. The van der Waals surface area contributed by atoms with E-state index in [1.54, 1.807) is 24.3 Å². The average molecular weight is 323 g/mol. The van der Waals surface area contributed by atoms with E-state index in [9.17, 15) is 14.4 Å². The first kappa shape index (κ1) is 15.9. The fourth-order valence-electron chi connectivity index (χ4n) is 3.17. The number of hydrogen-bond donors (Lipinski definition) is 1. The Labute approximate surface area is 139 Å². The lowest BCUT2D eigenvalue weighted by Crippen LogP contribution is -2.38. The quantitative estimate of drug-likeness (QED) is 0.674. The van der Waals surface area contributed by atoms with Gasteiger partial charge in [-0.25, -0.2) is 0 Å². The topological polar surface area (TPSA) is 90.3 Å². The normalized spacial score (nSPS) is 22.2. The van der Waals surface area contributed by atoms with Crippen molar-refractivity contribution >= 4 is 23.4 Å². The summed E-state index contributed by atoms with van der Waals surface area (Å²) >= 11 is 0. The van der Waals surface area contributed by atoms with Gasteiger partial charge in [0.25, 0.3) is 0 Å². The molecular weight excluding hydrogens is 306 g/mol. The molecule has 1 N–H and O–H groups in total. The van der Waals surface area contributed by atoms with Crippen molar-refractivity contribution in [2.75, 3.05) is 11.9 Å². The van der Waals surface area contributed by atoms with Crippen LogP contribution in [0.1, 0.15) is 18.4 Å². The molecule has 0 spiro atoms. The van der Waals surface area contributed by atoms with E-state index in [4.69, 9.17) is 5.26 Å². The molecule has 0 saturated carbocycles. The van der Waals surface area contributed by atoms with Gasteiger partial charge in [-0.05, 0) is 30.5 Å². The van der Waals surface area contributed by atoms with Crippen LogP contribution in [0.25, 0.3) is 0 Å². The van der Waals surface area contributed by atoms with E-state index in [1.165, 1.54) is 0 Å². The zero-order valence-corrected chi connectivity index (χ0v) is 13.1. The van der Waals surface area contributed by atoms with E-state index in [1.807, 2.05) is 12.2 Å². The van der Waals surface area contributed by atoms with Crippen LogP contribution in [0.4, 0.5) is 5.69 Å². The number of benzene rings is 1. The Kier molecular flexibility index (Phi) is 4.43. The molecule has 1 aromatic carbocycles. The summed E-state index contributed by atoms with van der Waals surface area (Å²) in [6.07, 6.45) is 5.26. The third-order valence-electron chi connectivity index (χ3n) is 4.42. The standard InChI is InChI=1S/C18H17N3O3/c19-10-9-12-5-7-13(8-6-12)20-16(22)11-21-17(23)14-3-1-2-4-15(14)18(21)24/h1-2,5-8,14-15H,3-4,9,11H2,(H,20,22)/t14-,15+. The molecule has 3 amide bonds. The van der Waals surface area contributed by atoms with Crippen LogP contribution in [-0.4, -0.2) is 29.2 Å². The number of nitrogens with one attached hydrogen (secondary N) is 1. The molecule has 3 rings (SSSR count). The Hall–Kier alpha value is -2.94. The number of carbonyl (C=O) groups excluding carboxylic acids is 3. The van der Waals surface area contributed by atoms with Crippen LogP contribution in [-0.2, 0) is 20.8 Å². The lowest BCUT2D eigenvalue weighted by molar-refractivity contribution is -0.142. The second kappa shape index (κ2) is 6.67. The van der Waals surface area contributed by atoms with E-state index < -0.39 is 5.91 Å². The summed E-state index contributed by atoms with van der Waals surface area (Å²) in [6.45, 7) is -0.259. The number of imide groups is 1. The average Bonchev–Trinajstić information content (AvgIpc) is 2.82. The SMILES string of the molecule is N#CCc1ccc(NC(=O)CN2C(=O)[C@H]3CC=CC[C@H]3C2=O)cc1. The maximum atomic E-state index is 12.3. The number of nitriles is 1. The second-order valence-electron chi connectivity index (χ2n) is 6.00. The first-order valence-electron chi connectivity index (χ1n) is 7.86. The summed E-state index contributed by atoms with van der Waals surface area (Å²) in [5.41, 5.74) is 1.43. The van der Waals surface area contributed by atoms with Crippen LogP contribution in [0, 0.1) is 23.2 Å². The number of likely N-dealkylation sites (tertiary alicyclic amines) is 1. The molecule has 1 saturated heterocycles. The van der Waals surface area contributed by atoms with Crippen LogP contribution in [0.3, 0.4) is 0 Å². The molecule has 0 aromatic heterocycles. The predicted molar refractivity (Wildman–Crippen MR) is 86.5 cm³/mol. The van der Waals surface area contributed by atoms with E-state index >= 15 is 0 Å². The second-order valence-corrected chi connectivity index (χ2v) is 6.00. The smallest absolute Gasteiger partial charge is 0.244 e.